The average Bonchev–Trinajstić information content (AvgIpc) is 3.12. The van der Waals surface area contributed by atoms with Crippen LogP contribution in [-0.4, -0.2) is 49.1 Å². The van der Waals surface area contributed by atoms with E-state index in [2.05, 4.69) is 23.8 Å². The zero-order valence-electron chi connectivity index (χ0n) is 14.9. The van der Waals surface area contributed by atoms with Gasteiger partial charge >= 0.3 is 0 Å². The second kappa shape index (κ2) is 6.16. The van der Waals surface area contributed by atoms with E-state index in [1.165, 1.54) is 0 Å². The maximum absolute atomic E-state index is 12.7. The Morgan fingerprint density at radius 3 is 2.79 bits per heavy atom. The van der Waals surface area contributed by atoms with Gasteiger partial charge in [0.1, 0.15) is 5.52 Å². The van der Waals surface area contributed by atoms with E-state index < -0.39 is 5.60 Å². The van der Waals surface area contributed by atoms with E-state index in [0.717, 1.165) is 24.1 Å². The molecule has 130 valence electrons. The minimum Gasteiger partial charge on any atom is -0.390 e. The number of carbonyl (C=O) groups is 1. The van der Waals surface area contributed by atoms with Gasteiger partial charge in [-0.15, -0.1) is 0 Å². The summed E-state index contributed by atoms with van der Waals surface area (Å²) in [5.74, 6) is 0.590. The number of imidazole rings is 1. The summed E-state index contributed by atoms with van der Waals surface area (Å²) in [5, 5.41) is 10.1. The van der Waals surface area contributed by atoms with E-state index in [1.54, 1.807) is 31.3 Å². The first-order valence-electron chi connectivity index (χ1n) is 8.58. The van der Waals surface area contributed by atoms with Gasteiger partial charge in [-0.25, -0.2) is 9.97 Å². The van der Waals surface area contributed by atoms with Crippen molar-refractivity contribution < 1.29 is 9.90 Å². The van der Waals surface area contributed by atoms with E-state index in [-0.39, 0.29) is 11.8 Å². The summed E-state index contributed by atoms with van der Waals surface area (Å²) in [7, 11) is 0. The second-order valence-corrected chi connectivity index (χ2v) is 7.75. The highest BCUT2D eigenvalue weighted by atomic mass is 16.3. The molecule has 3 heterocycles. The molecule has 0 spiro atoms. The van der Waals surface area contributed by atoms with Crippen LogP contribution in [0.2, 0.25) is 0 Å². The highest BCUT2D eigenvalue weighted by molar-refractivity contribution is 5.96. The number of hydrogen-bond donors (Lipinski definition) is 1. The Hall–Kier alpha value is -1.95. The standard InChI is InChI=1S/C18H26N4O2/c1-12(2)9-22-11-20-15-7-13(8-19-16(15)22)17(23)21-6-5-14(10-21)18(3,4)24/h7-8,11-12,14,24H,5-6,9-10H2,1-4H3. The van der Waals surface area contributed by atoms with Gasteiger partial charge in [0.25, 0.3) is 5.91 Å². The Labute approximate surface area is 142 Å². The van der Waals surface area contributed by atoms with Gasteiger partial charge in [-0.1, -0.05) is 13.8 Å². The van der Waals surface area contributed by atoms with Crippen LogP contribution in [0.3, 0.4) is 0 Å². The maximum atomic E-state index is 12.7. The number of carbonyl (C=O) groups excluding carboxylic acids is 1. The molecule has 24 heavy (non-hydrogen) atoms. The first kappa shape index (κ1) is 16.9. The molecule has 1 N–H and O–H groups in total. The SMILES string of the molecule is CC(C)Cn1cnc2cc(C(=O)N3CCC(C(C)(C)O)C3)cnc21. The van der Waals surface area contributed by atoms with Gasteiger partial charge in [0.2, 0.25) is 0 Å². The van der Waals surface area contributed by atoms with E-state index in [4.69, 9.17) is 0 Å². The van der Waals surface area contributed by atoms with Crippen molar-refractivity contribution in [1.82, 2.24) is 19.4 Å². The van der Waals surface area contributed by atoms with Crippen molar-refractivity contribution in [2.24, 2.45) is 11.8 Å². The average molecular weight is 330 g/mol. The number of nitrogens with zero attached hydrogens (tertiary/aromatic N) is 4. The summed E-state index contributed by atoms with van der Waals surface area (Å²) in [6.45, 7) is 10.0. The molecule has 2 aromatic rings. The first-order valence-corrected chi connectivity index (χ1v) is 8.58. The summed E-state index contributed by atoms with van der Waals surface area (Å²) in [5.41, 5.74) is 1.37. The molecule has 1 unspecified atom stereocenters. The van der Waals surface area contributed by atoms with Crippen molar-refractivity contribution in [1.29, 1.82) is 0 Å². The molecule has 0 radical (unpaired) electrons. The van der Waals surface area contributed by atoms with Gasteiger partial charge in [-0.3, -0.25) is 4.79 Å². The summed E-state index contributed by atoms with van der Waals surface area (Å²) < 4.78 is 2.02. The molecule has 1 amide bonds. The Balaban J connectivity index is 1.79. The third kappa shape index (κ3) is 3.29. The van der Waals surface area contributed by atoms with E-state index in [9.17, 15) is 9.90 Å². The number of aromatic nitrogens is 3. The lowest BCUT2D eigenvalue weighted by Gasteiger charge is -2.25. The lowest BCUT2D eigenvalue weighted by atomic mass is 9.90. The van der Waals surface area contributed by atoms with E-state index >= 15 is 0 Å². The van der Waals surface area contributed by atoms with Crippen LogP contribution in [0.25, 0.3) is 11.2 Å². The van der Waals surface area contributed by atoms with Crippen LogP contribution in [-0.2, 0) is 6.54 Å². The van der Waals surface area contributed by atoms with Gasteiger partial charge in [-0.2, -0.15) is 0 Å². The maximum Gasteiger partial charge on any atom is 0.255 e. The number of amides is 1. The Morgan fingerprint density at radius 1 is 1.42 bits per heavy atom. The van der Waals surface area contributed by atoms with Crippen LogP contribution in [0.1, 0.15) is 44.5 Å². The van der Waals surface area contributed by atoms with E-state index in [1.807, 2.05) is 10.6 Å². The van der Waals surface area contributed by atoms with Gasteiger partial charge in [0, 0.05) is 31.7 Å². The molecule has 3 rings (SSSR count). The molecule has 0 bridgehead atoms. The normalized spacial score (nSPS) is 18.8. The molecule has 1 aliphatic rings. The largest absolute Gasteiger partial charge is 0.390 e. The minimum absolute atomic E-state index is 0.0328. The first-order chi connectivity index (χ1) is 11.3. The van der Waals surface area contributed by atoms with Gasteiger partial charge < -0.3 is 14.6 Å². The molecule has 6 nitrogen and oxygen atoms in total. The van der Waals surface area contributed by atoms with Crippen LogP contribution in [0.15, 0.2) is 18.6 Å². The van der Waals surface area contributed by atoms with Crippen molar-refractivity contribution in [3.05, 3.63) is 24.2 Å². The minimum atomic E-state index is -0.757. The fraction of sp³-hybridized carbons (Fsp3) is 0.611. The van der Waals surface area contributed by atoms with Crippen LogP contribution >= 0.6 is 0 Å². The molecule has 0 aromatic carbocycles. The summed E-state index contributed by atoms with van der Waals surface area (Å²) in [4.78, 5) is 23.4. The summed E-state index contributed by atoms with van der Waals surface area (Å²) in [6.07, 6.45) is 4.25. The molecule has 1 fully saturated rings. The quantitative estimate of drug-likeness (QED) is 0.934. The predicted molar refractivity (Wildman–Crippen MR) is 92.7 cm³/mol. The Kier molecular flexibility index (Phi) is 4.34. The predicted octanol–water partition coefficient (Wildman–Crippen LogP) is 2.32. The number of hydrogen-bond acceptors (Lipinski definition) is 4. The number of aliphatic hydroxyl groups is 1. The third-order valence-corrected chi connectivity index (χ3v) is 4.74. The number of rotatable bonds is 4. The van der Waals surface area contributed by atoms with Crippen LogP contribution < -0.4 is 0 Å². The van der Waals surface area contributed by atoms with Gasteiger partial charge in [0.15, 0.2) is 5.65 Å². The number of pyridine rings is 1. The van der Waals surface area contributed by atoms with Crippen molar-refractivity contribution >= 4 is 17.1 Å². The molecule has 1 saturated heterocycles. The zero-order chi connectivity index (χ0) is 17.5. The molecule has 0 aliphatic carbocycles. The molecule has 1 aliphatic heterocycles. The van der Waals surface area contributed by atoms with Crippen molar-refractivity contribution in [3.8, 4) is 0 Å². The van der Waals surface area contributed by atoms with Gasteiger partial charge in [-0.05, 0) is 32.3 Å². The lowest BCUT2D eigenvalue weighted by Crippen LogP contribution is -2.35. The number of fused-ring (bicyclic) bond motifs is 1. The fourth-order valence-corrected chi connectivity index (χ4v) is 3.30. The lowest BCUT2D eigenvalue weighted by molar-refractivity contribution is 0.0211. The second-order valence-electron chi connectivity index (χ2n) is 7.75. The van der Waals surface area contributed by atoms with Crippen LogP contribution in [0.5, 0.6) is 0 Å². The number of likely N-dealkylation sites (tertiary alicyclic amines) is 1. The highest BCUT2D eigenvalue weighted by Gasteiger charge is 2.35. The van der Waals surface area contributed by atoms with Crippen LogP contribution in [0.4, 0.5) is 0 Å². The fourth-order valence-electron chi connectivity index (χ4n) is 3.30. The third-order valence-electron chi connectivity index (χ3n) is 4.74. The molecular formula is C18H26N4O2. The van der Waals surface area contributed by atoms with Crippen molar-refractivity contribution in [2.45, 2.75) is 46.3 Å². The monoisotopic (exact) mass is 330 g/mol. The van der Waals surface area contributed by atoms with E-state index in [0.29, 0.717) is 24.6 Å². The van der Waals surface area contributed by atoms with Crippen molar-refractivity contribution in [2.75, 3.05) is 13.1 Å². The highest BCUT2D eigenvalue weighted by Crippen LogP contribution is 2.28. The topological polar surface area (TPSA) is 71.2 Å². The summed E-state index contributed by atoms with van der Waals surface area (Å²) in [6, 6.07) is 1.82. The summed E-state index contributed by atoms with van der Waals surface area (Å²) >= 11 is 0. The molecule has 1 atom stereocenters. The Bertz CT molecular complexity index is 745. The smallest absolute Gasteiger partial charge is 0.255 e. The molecule has 6 heteroatoms. The Morgan fingerprint density at radius 2 is 2.17 bits per heavy atom. The van der Waals surface area contributed by atoms with Crippen molar-refractivity contribution in [3.63, 3.8) is 0 Å². The molecule has 0 saturated carbocycles. The van der Waals surface area contributed by atoms with Gasteiger partial charge in [0.05, 0.1) is 17.5 Å². The molecular weight excluding hydrogens is 304 g/mol. The molecule has 2 aromatic heterocycles. The van der Waals surface area contributed by atoms with Crippen LogP contribution in [0, 0.1) is 11.8 Å². The zero-order valence-corrected chi connectivity index (χ0v) is 14.9.